The Labute approximate surface area is 135 Å². The molecule has 0 saturated heterocycles. The Bertz CT molecular complexity index is 541. The van der Waals surface area contributed by atoms with Crippen molar-refractivity contribution in [2.45, 2.75) is 19.9 Å². The van der Waals surface area contributed by atoms with Gasteiger partial charge in [-0.05, 0) is 40.6 Å². The molecule has 0 amide bonds. The minimum atomic E-state index is 0.361. The molecule has 1 atom stereocenters. The van der Waals surface area contributed by atoms with Crippen molar-refractivity contribution < 1.29 is 0 Å². The van der Waals surface area contributed by atoms with Crippen LogP contribution in [0.2, 0.25) is 0 Å². The van der Waals surface area contributed by atoms with E-state index < -0.39 is 0 Å². The summed E-state index contributed by atoms with van der Waals surface area (Å²) in [5, 5.41) is 3.50. The quantitative estimate of drug-likeness (QED) is 0.807. The number of rotatable bonds is 7. The van der Waals surface area contributed by atoms with Gasteiger partial charge in [-0.1, -0.05) is 44.2 Å². The van der Waals surface area contributed by atoms with E-state index in [0.29, 0.717) is 6.04 Å². The molecule has 1 aromatic heterocycles. The standard InChI is InChI=1S/C17H22BrN3/c1-3-21(4-2)17(14-8-6-5-7-9-14)13-20-16-10-15(18)11-19-12-16/h5-12,17,20H,3-4,13H2,1-2H3. The molecule has 112 valence electrons. The largest absolute Gasteiger partial charge is 0.382 e. The number of nitrogens with one attached hydrogen (secondary N) is 1. The van der Waals surface area contributed by atoms with Crippen molar-refractivity contribution in [3.63, 3.8) is 0 Å². The average molecular weight is 348 g/mol. The maximum Gasteiger partial charge on any atom is 0.0538 e. The van der Waals surface area contributed by atoms with Crippen LogP contribution in [0.25, 0.3) is 0 Å². The lowest BCUT2D eigenvalue weighted by Gasteiger charge is -2.30. The van der Waals surface area contributed by atoms with Crippen LogP contribution in [0.4, 0.5) is 5.69 Å². The lowest BCUT2D eigenvalue weighted by atomic mass is 10.1. The monoisotopic (exact) mass is 347 g/mol. The molecule has 3 nitrogen and oxygen atoms in total. The van der Waals surface area contributed by atoms with Gasteiger partial charge in [-0.15, -0.1) is 0 Å². The third-order valence-corrected chi connectivity index (χ3v) is 4.08. The van der Waals surface area contributed by atoms with Crippen LogP contribution in [-0.4, -0.2) is 29.5 Å². The third kappa shape index (κ3) is 4.55. The van der Waals surface area contributed by atoms with Gasteiger partial charge in [-0.25, -0.2) is 0 Å². The van der Waals surface area contributed by atoms with E-state index in [1.54, 1.807) is 6.20 Å². The highest BCUT2D eigenvalue weighted by molar-refractivity contribution is 9.10. The molecule has 21 heavy (non-hydrogen) atoms. The van der Waals surface area contributed by atoms with E-state index in [2.05, 4.69) is 81.4 Å². The number of hydrogen-bond acceptors (Lipinski definition) is 3. The van der Waals surface area contributed by atoms with E-state index >= 15 is 0 Å². The number of hydrogen-bond donors (Lipinski definition) is 1. The van der Waals surface area contributed by atoms with Crippen LogP contribution < -0.4 is 5.32 Å². The Morgan fingerprint density at radius 2 is 1.86 bits per heavy atom. The first-order chi connectivity index (χ1) is 10.2. The summed E-state index contributed by atoms with van der Waals surface area (Å²) in [6.45, 7) is 7.35. The van der Waals surface area contributed by atoms with Crippen LogP contribution >= 0.6 is 15.9 Å². The minimum Gasteiger partial charge on any atom is -0.382 e. The summed E-state index contributed by atoms with van der Waals surface area (Å²) in [5.74, 6) is 0. The zero-order chi connectivity index (χ0) is 15.1. The van der Waals surface area contributed by atoms with Crippen molar-refractivity contribution in [2.75, 3.05) is 25.0 Å². The highest BCUT2D eigenvalue weighted by Gasteiger charge is 2.17. The van der Waals surface area contributed by atoms with E-state index in [1.807, 2.05) is 6.20 Å². The zero-order valence-corrected chi connectivity index (χ0v) is 14.2. The number of likely N-dealkylation sites (N-methyl/N-ethyl adjacent to an activating group) is 1. The van der Waals surface area contributed by atoms with Gasteiger partial charge in [0.1, 0.15) is 0 Å². The molecular weight excluding hydrogens is 326 g/mol. The first-order valence-corrected chi connectivity index (χ1v) is 8.17. The van der Waals surface area contributed by atoms with Gasteiger partial charge in [0.05, 0.1) is 17.9 Å². The topological polar surface area (TPSA) is 28.2 Å². The molecule has 0 aliphatic rings. The normalized spacial score (nSPS) is 12.4. The van der Waals surface area contributed by atoms with Crippen molar-refractivity contribution in [3.8, 4) is 0 Å². The highest BCUT2D eigenvalue weighted by atomic mass is 79.9. The van der Waals surface area contributed by atoms with Gasteiger partial charge in [0.25, 0.3) is 0 Å². The van der Waals surface area contributed by atoms with Crippen molar-refractivity contribution in [2.24, 2.45) is 0 Å². The van der Waals surface area contributed by atoms with Crippen molar-refractivity contribution in [1.82, 2.24) is 9.88 Å². The summed E-state index contributed by atoms with van der Waals surface area (Å²) in [5.41, 5.74) is 2.38. The fourth-order valence-corrected chi connectivity index (χ4v) is 2.89. The van der Waals surface area contributed by atoms with Gasteiger partial charge >= 0.3 is 0 Å². The van der Waals surface area contributed by atoms with Crippen LogP contribution in [-0.2, 0) is 0 Å². The van der Waals surface area contributed by atoms with Crippen LogP contribution in [0.5, 0.6) is 0 Å². The predicted octanol–water partition coefficient (Wildman–Crippen LogP) is 4.34. The molecule has 0 bridgehead atoms. The van der Waals surface area contributed by atoms with Crippen molar-refractivity contribution in [1.29, 1.82) is 0 Å². The number of nitrogens with zero attached hydrogens (tertiary/aromatic N) is 2. The summed E-state index contributed by atoms with van der Waals surface area (Å²) >= 11 is 3.46. The number of pyridine rings is 1. The number of aromatic nitrogens is 1. The maximum absolute atomic E-state index is 4.20. The number of halogens is 1. The lowest BCUT2D eigenvalue weighted by molar-refractivity contribution is 0.228. The Balaban J connectivity index is 2.13. The maximum atomic E-state index is 4.20. The molecule has 0 aliphatic heterocycles. The molecule has 0 fully saturated rings. The van der Waals surface area contributed by atoms with E-state index in [9.17, 15) is 0 Å². The highest BCUT2D eigenvalue weighted by Crippen LogP contribution is 2.22. The van der Waals surface area contributed by atoms with Gasteiger partial charge in [-0.2, -0.15) is 0 Å². The average Bonchev–Trinajstić information content (AvgIpc) is 2.52. The van der Waals surface area contributed by atoms with Gasteiger partial charge < -0.3 is 5.32 Å². The molecule has 0 aliphatic carbocycles. The SMILES string of the molecule is CCN(CC)C(CNc1cncc(Br)c1)c1ccccc1. The Morgan fingerprint density at radius 3 is 2.48 bits per heavy atom. The lowest BCUT2D eigenvalue weighted by Crippen LogP contribution is -2.33. The van der Waals surface area contributed by atoms with Crippen LogP contribution in [0.3, 0.4) is 0 Å². The Morgan fingerprint density at radius 1 is 1.14 bits per heavy atom. The van der Waals surface area contributed by atoms with Crippen molar-refractivity contribution >= 4 is 21.6 Å². The second kappa shape index (κ2) is 8.15. The molecule has 1 N–H and O–H groups in total. The predicted molar refractivity (Wildman–Crippen MR) is 92.5 cm³/mol. The van der Waals surface area contributed by atoms with Gasteiger partial charge in [0.2, 0.25) is 0 Å². The molecule has 0 spiro atoms. The van der Waals surface area contributed by atoms with Crippen LogP contribution in [0.15, 0.2) is 53.3 Å². The smallest absolute Gasteiger partial charge is 0.0538 e. The molecule has 0 radical (unpaired) electrons. The molecular formula is C17H22BrN3. The Hall–Kier alpha value is -1.39. The second-order valence-corrected chi connectivity index (χ2v) is 5.84. The van der Waals surface area contributed by atoms with Gasteiger partial charge in [0, 0.05) is 17.2 Å². The fraction of sp³-hybridized carbons (Fsp3) is 0.353. The fourth-order valence-electron chi connectivity index (χ4n) is 2.52. The third-order valence-electron chi connectivity index (χ3n) is 3.64. The first kappa shape index (κ1) is 16.0. The molecule has 2 aromatic rings. The molecule has 1 aromatic carbocycles. The summed E-state index contributed by atoms with van der Waals surface area (Å²) in [4.78, 5) is 6.66. The summed E-state index contributed by atoms with van der Waals surface area (Å²) in [7, 11) is 0. The second-order valence-electron chi connectivity index (χ2n) is 4.92. The minimum absolute atomic E-state index is 0.361. The zero-order valence-electron chi connectivity index (χ0n) is 12.6. The molecule has 1 heterocycles. The van der Waals surface area contributed by atoms with Crippen molar-refractivity contribution in [3.05, 3.63) is 58.8 Å². The molecule has 4 heteroatoms. The molecule has 2 rings (SSSR count). The van der Waals surface area contributed by atoms with Crippen LogP contribution in [0.1, 0.15) is 25.5 Å². The van der Waals surface area contributed by atoms with Gasteiger partial charge in [-0.3, -0.25) is 9.88 Å². The van der Waals surface area contributed by atoms with Gasteiger partial charge in [0.15, 0.2) is 0 Å². The van der Waals surface area contributed by atoms with E-state index in [1.165, 1.54) is 5.56 Å². The summed E-state index contributed by atoms with van der Waals surface area (Å²) in [6.07, 6.45) is 3.65. The summed E-state index contributed by atoms with van der Waals surface area (Å²) < 4.78 is 0.992. The summed E-state index contributed by atoms with van der Waals surface area (Å²) in [6, 6.07) is 13.1. The first-order valence-electron chi connectivity index (χ1n) is 7.38. The number of benzene rings is 1. The van der Waals surface area contributed by atoms with Crippen LogP contribution in [0, 0.1) is 0 Å². The molecule has 0 saturated carbocycles. The number of anilines is 1. The van der Waals surface area contributed by atoms with E-state index in [4.69, 9.17) is 0 Å². The Kier molecular flexibility index (Phi) is 6.21. The van der Waals surface area contributed by atoms with E-state index in [0.717, 1.165) is 29.8 Å². The van der Waals surface area contributed by atoms with E-state index in [-0.39, 0.29) is 0 Å². The molecule has 1 unspecified atom stereocenters.